The molecular weight excluding hydrogens is 222 g/mol. The number of nitrogens with zero attached hydrogens (tertiary/aromatic N) is 1. The highest BCUT2D eigenvalue weighted by Crippen LogP contribution is 2.24. The maximum absolute atomic E-state index is 5.15. The molecule has 3 rings (SSSR count). The highest BCUT2D eigenvalue weighted by molar-refractivity contribution is 5.86. The van der Waals surface area contributed by atoms with E-state index < -0.39 is 0 Å². The minimum Gasteiger partial charge on any atom is -0.481 e. The smallest absolute Gasteiger partial charge is 0.213 e. The van der Waals surface area contributed by atoms with Crippen LogP contribution in [0.4, 0.5) is 0 Å². The van der Waals surface area contributed by atoms with Crippen LogP contribution >= 0.6 is 0 Å². The molecule has 0 radical (unpaired) electrons. The predicted octanol–water partition coefficient (Wildman–Crippen LogP) is 3.91. The zero-order chi connectivity index (χ0) is 12.4. The molecule has 18 heavy (non-hydrogen) atoms. The Hall–Kier alpha value is -2.35. The average molecular weight is 235 g/mol. The van der Waals surface area contributed by atoms with E-state index in [1.165, 1.54) is 10.8 Å². The Morgan fingerprint density at radius 3 is 2.50 bits per heavy atom. The lowest BCUT2D eigenvalue weighted by atomic mass is 10.0. The second kappa shape index (κ2) is 4.49. The molecule has 0 saturated carbocycles. The van der Waals surface area contributed by atoms with Gasteiger partial charge in [0, 0.05) is 11.6 Å². The Bertz CT molecular complexity index is 691. The fraction of sp³-hybridized carbons (Fsp3) is 0.0625. The lowest BCUT2D eigenvalue weighted by molar-refractivity contribution is 0.398. The van der Waals surface area contributed by atoms with Gasteiger partial charge in [-0.15, -0.1) is 0 Å². The Morgan fingerprint density at radius 1 is 0.833 bits per heavy atom. The van der Waals surface area contributed by atoms with E-state index in [9.17, 15) is 0 Å². The Labute approximate surface area is 106 Å². The van der Waals surface area contributed by atoms with E-state index in [-0.39, 0.29) is 0 Å². The van der Waals surface area contributed by atoms with Gasteiger partial charge in [-0.05, 0) is 22.9 Å². The largest absolute Gasteiger partial charge is 0.481 e. The molecule has 0 atom stereocenters. The van der Waals surface area contributed by atoms with Crippen LogP contribution in [0.15, 0.2) is 60.7 Å². The monoisotopic (exact) mass is 235 g/mol. The van der Waals surface area contributed by atoms with Crippen molar-refractivity contribution in [2.24, 2.45) is 0 Å². The maximum Gasteiger partial charge on any atom is 0.213 e. The molecule has 88 valence electrons. The van der Waals surface area contributed by atoms with Crippen molar-refractivity contribution in [3.8, 4) is 17.1 Å². The normalized spacial score (nSPS) is 10.5. The number of methoxy groups -OCH3 is 1. The summed E-state index contributed by atoms with van der Waals surface area (Å²) >= 11 is 0. The summed E-state index contributed by atoms with van der Waals surface area (Å²) in [5.74, 6) is 0.639. The van der Waals surface area contributed by atoms with Crippen molar-refractivity contribution >= 4 is 10.8 Å². The number of fused-ring (bicyclic) bond motifs is 1. The molecule has 0 spiro atoms. The van der Waals surface area contributed by atoms with Crippen molar-refractivity contribution < 1.29 is 4.74 Å². The number of aromatic nitrogens is 1. The molecular formula is C16H13NO. The summed E-state index contributed by atoms with van der Waals surface area (Å²) in [6.07, 6.45) is 0. The average Bonchev–Trinajstić information content (AvgIpc) is 2.47. The van der Waals surface area contributed by atoms with Gasteiger partial charge in [0.2, 0.25) is 5.88 Å². The van der Waals surface area contributed by atoms with Gasteiger partial charge in [-0.1, -0.05) is 42.5 Å². The van der Waals surface area contributed by atoms with Crippen molar-refractivity contribution in [3.63, 3.8) is 0 Å². The second-order valence-electron chi connectivity index (χ2n) is 4.13. The highest BCUT2D eigenvalue weighted by Gasteiger charge is 2.02. The molecule has 0 N–H and O–H groups in total. The van der Waals surface area contributed by atoms with Crippen molar-refractivity contribution in [2.75, 3.05) is 7.11 Å². The molecule has 0 bridgehead atoms. The van der Waals surface area contributed by atoms with E-state index in [4.69, 9.17) is 4.74 Å². The van der Waals surface area contributed by atoms with Crippen LogP contribution in [0.3, 0.4) is 0 Å². The quantitative estimate of drug-likeness (QED) is 0.671. The van der Waals surface area contributed by atoms with Crippen molar-refractivity contribution in [1.82, 2.24) is 4.98 Å². The summed E-state index contributed by atoms with van der Waals surface area (Å²) in [6, 6.07) is 20.5. The summed E-state index contributed by atoms with van der Waals surface area (Å²) in [5.41, 5.74) is 2.03. The van der Waals surface area contributed by atoms with E-state index in [1.54, 1.807) is 7.11 Å². The van der Waals surface area contributed by atoms with Crippen molar-refractivity contribution in [1.29, 1.82) is 0 Å². The van der Waals surface area contributed by atoms with E-state index in [0.29, 0.717) is 5.88 Å². The van der Waals surface area contributed by atoms with Gasteiger partial charge in [0.15, 0.2) is 0 Å². The third-order valence-corrected chi connectivity index (χ3v) is 2.98. The van der Waals surface area contributed by atoms with Gasteiger partial charge in [-0.3, -0.25) is 0 Å². The Morgan fingerprint density at radius 2 is 1.67 bits per heavy atom. The minimum absolute atomic E-state index is 0.639. The zero-order valence-corrected chi connectivity index (χ0v) is 10.1. The zero-order valence-electron chi connectivity index (χ0n) is 10.1. The van der Waals surface area contributed by atoms with E-state index in [2.05, 4.69) is 35.3 Å². The van der Waals surface area contributed by atoms with Gasteiger partial charge in [-0.25, -0.2) is 4.98 Å². The summed E-state index contributed by atoms with van der Waals surface area (Å²) in [6.45, 7) is 0. The van der Waals surface area contributed by atoms with Gasteiger partial charge in [-0.2, -0.15) is 0 Å². The van der Waals surface area contributed by atoms with Crippen LogP contribution in [-0.2, 0) is 0 Å². The third-order valence-electron chi connectivity index (χ3n) is 2.98. The Balaban J connectivity index is 2.13. The highest BCUT2D eigenvalue weighted by atomic mass is 16.5. The van der Waals surface area contributed by atoms with Crippen LogP contribution in [-0.4, -0.2) is 12.1 Å². The van der Waals surface area contributed by atoms with Crippen LogP contribution < -0.4 is 4.74 Å². The standard InChI is InChI=1S/C16H13NO/c1-18-16-8-4-7-15(17-16)14-10-9-12-5-2-3-6-13(12)11-14/h2-11H,1H3. The fourth-order valence-corrected chi connectivity index (χ4v) is 2.04. The second-order valence-corrected chi connectivity index (χ2v) is 4.13. The van der Waals surface area contributed by atoms with E-state index in [1.807, 2.05) is 30.3 Å². The minimum atomic E-state index is 0.639. The summed E-state index contributed by atoms with van der Waals surface area (Å²) in [4.78, 5) is 4.45. The molecule has 0 aliphatic rings. The molecule has 1 aromatic heterocycles. The van der Waals surface area contributed by atoms with Crippen molar-refractivity contribution in [2.45, 2.75) is 0 Å². The number of hydrogen-bond acceptors (Lipinski definition) is 2. The van der Waals surface area contributed by atoms with E-state index in [0.717, 1.165) is 11.3 Å². The SMILES string of the molecule is COc1cccc(-c2ccc3ccccc3c2)n1. The first-order valence-corrected chi connectivity index (χ1v) is 5.87. The molecule has 0 fully saturated rings. The van der Waals surface area contributed by atoms with Gasteiger partial charge in [0.05, 0.1) is 12.8 Å². The number of hydrogen-bond donors (Lipinski definition) is 0. The number of pyridine rings is 1. The first-order chi connectivity index (χ1) is 8.86. The third kappa shape index (κ3) is 1.93. The van der Waals surface area contributed by atoms with Gasteiger partial charge in [0.25, 0.3) is 0 Å². The Kier molecular flexibility index (Phi) is 2.69. The number of ether oxygens (including phenoxy) is 1. The molecule has 2 heteroatoms. The van der Waals surface area contributed by atoms with Gasteiger partial charge < -0.3 is 4.74 Å². The first-order valence-electron chi connectivity index (χ1n) is 5.87. The fourth-order valence-electron chi connectivity index (χ4n) is 2.04. The summed E-state index contributed by atoms with van der Waals surface area (Å²) in [7, 11) is 1.63. The van der Waals surface area contributed by atoms with Crippen LogP contribution in [0.1, 0.15) is 0 Å². The lowest BCUT2D eigenvalue weighted by Crippen LogP contribution is -1.89. The maximum atomic E-state index is 5.15. The van der Waals surface area contributed by atoms with Crippen LogP contribution in [0, 0.1) is 0 Å². The van der Waals surface area contributed by atoms with Crippen molar-refractivity contribution in [3.05, 3.63) is 60.7 Å². The topological polar surface area (TPSA) is 22.1 Å². The predicted molar refractivity (Wildman–Crippen MR) is 73.7 cm³/mol. The molecule has 0 saturated heterocycles. The van der Waals surface area contributed by atoms with E-state index >= 15 is 0 Å². The number of rotatable bonds is 2. The molecule has 1 heterocycles. The molecule has 0 unspecified atom stereocenters. The van der Waals surface area contributed by atoms with Gasteiger partial charge >= 0.3 is 0 Å². The van der Waals surface area contributed by atoms with Crippen LogP contribution in [0.25, 0.3) is 22.0 Å². The molecule has 2 nitrogen and oxygen atoms in total. The van der Waals surface area contributed by atoms with Crippen LogP contribution in [0.5, 0.6) is 5.88 Å². The van der Waals surface area contributed by atoms with Crippen LogP contribution in [0.2, 0.25) is 0 Å². The lowest BCUT2D eigenvalue weighted by Gasteiger charge is -2.05. The number of benzene rings is 2. The summed E-state index contributed by atoms with van der Waals surface area (Å²) in [5, 5.41) is 2.46. The molecule has 3 aromatic rings. The molecule has 0 aliphatic heterocycles. The molecule has 0 amide bonds. The molecule has 0 aliphatic carbocycles. The first kappa shape index (κ1) is 10.8. The van der Waals surface area contributed by atoms with Gasteiger partial charge in [0.1, 0.15) is 0 Å². The summed E-state index contributed by atoms with van der Waals surface area (Å²) < 4.78 is 5.15. The molecule has 2 aromatic carbocycles.